The summed E-state index contributed by atoms with van der Waals surface area (Å²) in [6.45, 7) is 3.29. The molecule has 1 aromatic heterocycles. The molecule has 0 bridgehead atoms. The van der Waals surface area contributed by atoms with Gasteiger partial charge in [0, 0.05) is 6.07 Å². The van der Waals surface area contributed by atoms with E-state index < -0.39 is 22.1 Å². The molecule has 0 saturated carbocycles. The van der Waals surface area contributed by atoms with Gasteiger partial charge in [0.2, 0.25) is 0 Å². The number of anilines is 1. The van der Waals surface area contributed by atoms with Gasteiger partial charge in [-0.3, -0.25) is 10.1 Å². The molecule has 104 valence electrons. The quantitative estimate of drug-likeness (QED) is 0.524. The van der Waals surface area contributed by atoms with Crippen molar-refractivity contribution >= 4 is 17.5 Å². The zero-order valence-corrected chi connectivity index (χ0v) is 10.6. The van der Waals surface area contributed by atoms with Gasteiger partial charge < -0.3 is 15.5 Å². The first-order valence-electron chi connectivity index (χ1n) is 5.59. The maximum absolute atomic E-state index is 11.1. The summed E-state index contributed by atoms with van der Waals surface area (Å²) >= 11 is 0. The molecular weight excluding hydrogens is 254 g/mol. The van der Waals surface area contributed by atoms with Crippen LogP contribution in [0.4, 0.5) is 11.5 Å². The van der Waals surface area contributed by atoms with Crippen molar-refractivity contribution < 1.29 is 19.9 Å². The van der Waals surface area contributed by atoms with E-state index in [0.29, 0.717) is 6.42 Å². The van der Waals surface area contributed by atoms with Crippen molar-refractivity contribution in [3.63, 3.8) is 0 Å². The van der Waals surface area contributed by atoms with Gasteiger partial charge >= 0.3 is 5.97 Å². The first-order valence-corrected chi connectivity index (χ1v) is 5.59. The van der Waals surface area contributed by atoms with Crippen molar-refractivity contribution in [1.82, 2.24) is 4.98 Å². The summed E-state index contributed by atoms with van der Waals surface area (Å²) in [7, 11) is 0. The van der Waals surface area contributed by atoms with Crippen molar-refractivity contribution in [2.24, 2.45) is 0 Å². The third-order valence-electron chi connectivity index (χ3n) is 2.86. The van der Waals surface area contributed by atoms with E-state index in [1.54, 1.807) is 6.92 Å². The maximum atomic E-state index is 11.1. The van der Waals surface area contributed by atoms with Gasteiger partial charge in [-0.05, 0) is 13.3 Å². The second-order valence-electron chi connectivity index (χ2n) is 4.35. The number of aromatic carboxylic acids is 1. The van der Waals surface area contributed by atoms with Crippen LogP contribution >= 0.6 is 0 Å². The number of nitrogens with zero attached hydrogens (tertiary/aromatic N) is 2. The summed E-state index contributed by atoms with van der Waals surface area (Å²) in [5, 5.41) is 31.7. The lowest BCUT2D eigenvalue weighted by atomic mass is 10.00. The number of pyridine rings is 1. The number of carbonyl (C=O) groups is 1. The number of carboxylic acid groups (broad SMARTS) is 1. The zero-order valence-electron chi connectivity index (χ0n) is 10.6. The Labute approximate surface area is 109 Å². The molecule has 3 N–H and O–H groups in total. The van der Waals surface area contributed by atoms with Crippen LogP contribution in [-0.4, -0.2) is 38.2 Å². The van der Waals surface area contributed by atoms with Crippen molar-refractivity contribution in [1.29, 1.82) is 0 Å². The molecule has 8 nitrogen and oxygen atoms in total. The lowest BCUT2D eigenvalue weighted by molar-refractivity contribution is -0.385. The lowest BCUT2D eigenvalue weighted by Crippen LogP contribution is -2.38. The predicted octanol–water partition coefficient (Wildman–Crippen LogP) is 1.26. The fourth-order valence-corrected chi connectivity index (χ4v) is 1.34. The highest BCUT2D eigenvalue weighted by atomic mass is 16.6. The van der Waals surface area contributed by atoms with Crippen LogP contribution in [0.25, 0.3) is 0 Å². The molecular formula is C11H15N3O5. The Hall–Kier alpha value is -2.22. The molecule has 19 heavy (non-hydrogen) atoms. The Morgan fingerprint density at radius 3 is 2.68 bits per heavy atom. The van der Waals surface area contributed by atoms with E-state index in [1.165, 1.54) is 0 Å². The number of carboxylic acids is 1. The normalized spacial score (nSPS) is 13.6. The topological polar surface area (TPSA) is 126 Å². The Morgan fingerprint density at radius 2 is 2.26 bits per heavy atom. The number of aliphatic hydroxyl groups is 1. The summed E-state index contributed by atoms with van der Waals surface area (Å²) in [5.74, 6) is -1.33. The molecule has 0 amide bonds. The van der Waals surface area contributed by atoms with Crippen LogP contribution in [0.3, 0.4) is 0 Å². The van der Waals surface area contributed by atoms with Crippen molar-refractivity contribution in [2.75, 3.05) is 11.9 Å². The van der Waals surface area contributed by atoms with Gasteiger partial charge in [-0.15, -0.1) is 0 Å². The number of hydrogen-bond acceptors (Lipinski definition) is 6. The van der Waals surface area contributed by atoms with Crippen LogP contribution in [0.5, 0.6) is 0 Å². The first-order chi connectivity index (χ1) is 8.83. The van der Waals surface area contributed by atoms with Gasteiger partial charge in [0.1, 0.15) is 17.6 Å². The van der Waals surface area contributed by atoms with Gasteiger partial charge in [0.05, 0.1) is 17.1 Å². The van der Waals surface area contributed by atoms with Gasteiger partial charge in [-0.25, -0.2) is 9.78 Å². The van der Waals surface area contributed by atoms with E-state index in [4.69, 9.17) is 5.11 Å². The van der Waals surface area contributed by atoms with Crippen molar-refractivity contribution in [2.45, 2.75) is 25.8 Å². The SMILES string of the molecule is CCC(C)(CO)Nc1ncc([N+](=O)[O-])cc1C(=O)O. The summed E-state index contributed by atoms with van der Waals surface area (Å²) in [6, 6.07) is 0.936. The number of aliphatic hydroxyl groups excluding tert-OH is 1. The van der Waals surface area contributed by atoms with Crippen molar-refractivity contribution in [3.05, 3.63) is 27.9 Å². The number of nitrogens with one attached hydrogen (secondary N) is 1. The molecule has 0 aliphatic carbocycles. The van der Waals surface area contributed by atoms with Gasteiger partial charge in [0.15, 0.2) is 0 Å². The molecule has 8 heteroatoms. The van der Waals surface area contributed by atoms with Gasteiger partial charge in [-0.1, -0.05) is 6.92 Å². The third-order valence-corrected chi connectivity index (χ3v) is 2.86. The van der Waals surface area contributed by atoms with E-state index in [-0.39, 0.29) is 18.0 Å². The molecule has 1 atom stereocenters. The molecule has 1 aromatic rings. The average molecular weight is 269 g/mol. The summed E-state index contributed by atoms with van der Waals surface area (Å²) < 4.78 is 0. The largest absolute Gasteiger partial charge is 0.478 e. The van der Waals surface area contributed by atoms with E-state index in [2.05, 4.69) is 10.3 Å². The van der Waals surface area contributed by atoms with Crippen molar-refractivity contribution in [3.8, 4) is 0 Å². The van der Waals surface area contributed by atoms with Crippen LogP contribution in [0.1, 0.15) is 30.6 Å². The zero-order chi connectivity index (χ0) is 14.6. The lowest BCUT2D eigenvalue weighted by Gasteiger charge is -2.28. The standard InChI is InChI=1S/C11H15N3O5/c1-3-11(2,6-15)13-9-8(10(16)17)4-7(5-12-9)14(18)19/h4-5,15H,3,6H2,1-2H3,(H,12,13)(H,16,17). The first kappa shape index (κ1) is 14.8. The highest BCUT2D eigenvalue weighted by Crippen LogP contribution is 2.23. The van der Waals surface area contributed by atoms with Gasteiger partial charge in [-0.2, -0.15) is 0 Å². The van der Waals surface area contributed by atoms with E-state index >= 15 is 0 Å². The van der Waals surface area contributed by atoms with Crippen LogP contribution in [0.15, 0.2) is 12.3 Å². The Kier molecular flexibility index (Phi) is 4.38. The van der Waals surface area contributed by atoms with Crippen LogP contribution in [0, 0.1) is 10.1 Å². The second-order valence-corrected chi connectivity index (χ2v) is 4.35. The Balaban J connectivity index is 3.21. The minimum absolute atomic E-state index is 0.00324. The molecule has 0 radical (unpaired) electrons. The fourth-order valence-electron chi connectivity index (χ4n) is 1.34. The number of rotatable bonds is 6. The predicted molar refractivity (Wildman–Crippen MR) is 67.3 cm³/mol. The van der Waals surface area contributed by atoms with E-state index in [9.17, 15) is 20.0 Å². The monoisotopic (exact) mass is 269 g/mol. The molecule has 0 saturated heterocycles. The van der Waals surface area contributed by atoms with Crippen LogP contribution in [-0.2, 0) is 0 Å². The summed E-state index contributed by atoms with van der Waals surface area (Å²) in [5.41, 5.74) is -1.44. The summed E-state index contributed by atoms with van der Waals surface area (Å²) in [6.07, 6.45) is 1.50. The second kappa shape index (κ2) is 5.61. The third kappa shape index (κ3) is 3.38. The molecule has 1 unspecified atom stereocenters. The highest BCUT2D eigenvalue weighted by molar-refractivity contribution is 5.93. The van der Waals surface area contributed by atoms with E-state index in [0.717, 1.165) is 12.3 Å². The number of nitro groups is 1. The van der Waals surface area contributed by atoms with E-state index in [1.807, 2.05) is 6.92 Å². The minimum Gasteiger partial charge on any atom is -0.478 e. The molecule has 0 fully saturated rings. The van der Waals surface area contributed by atoms with Crippen LogP contribution < -0.4 is 5.32 Å². The van der Waals surface area contributed by atoms with Crippen LogP contribution in [0.2, 0.25) is 0 Å². The average Bonchev–Trinajstić information content (AvgIpc) is 2.38. The van der Waals surface area contributed by atoms with Gasteiger partial charge in [0.25, 0.3) is 5.69 Å². The number of hydrogen-bond donors (Lipinski definition) is 3. The minimum atomic E-state index is -1.32. The Morgan fingerprint density at radius 1 is 1.63 bits per heavy atom. The fraction of sp³-hybridized carbons (Fsp3) is 0.455. The Bertz CT molecular complexity index is 499. The highest BCUT2D eigenvalue weighted by Gasteiger charge is 2.25. The summed E-state index contributed by atoms with van der Waals surface area (Å²) in [4.78, 5) is 24.7. The maximum Gasteiger partial charge on any atom is 0.339 e. The molecule has 0 aliphatic heterocycles. The molecule has 1 rings (SSSR count). The molecule has 0 aromatic carbocycles. The smallest absolute Gasteiger partial charge is 0.339 e. The molecule has 1 heterocycles. The number of aromatic nitrogens is 1. The molecule has 0 aliphatic rings. The molecule has 0 spiro atoms.